The number of ether oxygens (including phenoxy) is 8. The van der Waals surface area contributed by atoms with Crippen molar-refractivity contribution in [1.29, 1.82) is 0 Å². The first kappa shape index (κ1) is 120. The Balaban J connectivity index is 0.000000233. The second kappa shape index (κ2) is 49.8. The third-order valence-electron chi connectivity index (χ3n) is 26.8. The largest absolute Gasteiger partial charge is 0.443 e. The molecule has 788 valence electrons. The number of nitrogens with one attached hydrogen (secondary N) is 1. The highest BCUT2D eigenvalue weighted by atomic mass is 127. The average Bonchev–Trinajstić information content (AvgIpc) is 1.50. The molecule has 4 fully saturated rings. The number of halogens is 4. The molecule has 46 heteroatoms. The predicted molar refractivity (Wildman–Crippen MR) is 575 cm³/mol. The number of nitrogens with zero attached hydrogens (tertiary/aromatic N) is 10. The highest BCUT2D eigenvalue weighted by molar-refractivity contribution is 14.1. The van der Waals surface area contributed by atoms with E-state index in [-0.39, 0.29) is 147 Å². The number of carbonyl (C=O) groups excluding carboxylic acids is 1. The van der Waals surface area contributed by atoms with Gasteiger partial charge in [-0.1, -0.05) is 141 Å². The lowest BCUT2D eigenvalue weighted by molar-refractivity contribution is -0.386. The molecule has 8 heterocycles. The summed E-state index contributed by atoms with van der Waals surface area (Å²) >= 11 is 9.37. The summed E-state index contributed by atoms with van der Waals surface area (Å²) in [4.78, 5) is 133. The van der Waals surface area contributed by atoms with E-state index in [1.165, 1.54) is 55.1 Å². The summed E-state index contributed by atoms with van der Waals surface area (Å²) in [7, 11) is -6.18. The number of aromatic nitrogens is 8. The number of H-pyrrole nitrogens is 1. The van der Waals surface area contributed by atoms with E-state index < -0.39 is 141 Å². The number of aromatic amines is 1. The van der Waals surface area contributed by atoms with Crippen LogP contribution in [0.25, 0.3) is 0 Å². The molecule has 39 nitrogen and oxygen atoms in total. The standard InChI is InChI=1S/C27H41IN4O6Si.C27H40IN3O7Si.C22H37BrN2O6Si.C20H25IN4O7/c1-9-21-22(38-39(7,8)27(4,5)6)13-23(37-21)31-14-17(25(29)30-26(31)33)15-36-24(16(2)3)19-11-10-18(28)12-20(19)32(34)35;1-9-21-22(38-39(7,8)27(4,5)6)13-23(37-21)30-14-17(25(32)29-26(30)33)15-36-24(16(2)3)19-11-10-18(28)12-20(19)31(34)35;1-10-15-16(31-32(8,9)22(5,6)7)11-17(29-15)24-13-14(12-23)18(26)25(19(24)27)20(28)30-21(2,3)4;1-10(2)18(13-4-3-12(21)5-14(13)25(29)30)31-9-11-7-24(20(28)23-19(11)22)17-6-15(27)16(8-26)32-17/h10-12,14,16,21-24H,9,13,15H2,1-8H3,(H2,29,30,33);10-12,14,16,21-24H,9,13,15H2,1-8H3,(H,29,32,33);13,15-17H,10-12H2,1-9H3;3-5,7,10,15-18,26-27H,6,8-9H2,1-2H3,(H2,22,23,28)/t2*21-,22?,23-,24-;15-,16?,17-;15?,16-,17-,18-/m1111/s1. The molecular weight excluding hydrogens is 2300 g/mol. The number of anilines is 2. The number of nitrogen functional groups attached to an aromatic ring is 2. The molecule has 11 rings (SSSR count). The maximum atomic E-state index is 13.2. The third-order valence-corrected chi connectivity index (χ3v) is 42.9. The fourth-order valence-electron chi connectivity index (χ4n) is 15.9. The lowest BCUT2D eigenvalue weighted by atomic mass is 9.97. The molecule has 7 aromatic rings. The summed E-state index contributed by atoms with van der Waals surface area (Å²) in [5, 5.41) is 54.5. The van der Waals surface area contributed by atoms with E-state index in [4.69, 9.17) is 62.6 Å². The first-order chi connectivity index (χ1) is 65.7. The van der Waals surface area contributed by atoms with Crippen molar-refractivity contribution in [1.82, 2.24) is 37.8 Å². The summed E-state index contributed by atoms with van der Waals surface area (Å²) in [5.41, 5.74) is 10.2. The molecule has 4 aliphatic rings. The van der Waals surface area contributed by atoms with E-state index >= 15 is 0 Å². The van der Waals surface area contributed by atoms with Gasteiger partial charge < -0.3 is 72.9 Å². The van der Waals surface area contributed by atoms with E-state index in [0.29, 0.717) is 51.6 Å². The SMILES string of the molecule is CC(C)[C@@H](OCc1cn([C@H]2CC(O)[C@@H](CO)O2)c(=O)nc1N)c1ccc(I)cc1[N+](=O)[O-].CC[C@H]1O[C@@H](n2cc(CBr)c(=O)n(C(=O)OC(C)(C)C)c2=O)CC1O[Si](C)(C)C(C)(C)C.CC[C@H]1O[C@@H](n2cc(CO[C@@H](c3ccc(I)cc3[N+](=O)[O-])C(C)C)c(=O)[nH]c2=O)CC1O[Si](C)(C)C(C)(C)C.CC[C@H]1O[C@@H](n2cc(CO[C@@H](c3ccc(I)cc3[N+](=O)[O-])C(C)C)c(N)nc2=O)CC1O[Si](C)(C)C(C)(C)C. The van der Waals surface area contributed by atoms with E-state index in [2.05, 4.69) is 155 Å². The Morgan fingerprint density at radius 2 is 0.817 bits per heavy atom. The van der Waals surface area contributed by atoms with Crippen LogP contribution in [0.1, 0.15) is 273 Å². The van der Waals surface area contributed by atoms with E-state index in [0.717, 1.165) is 30.0 Å². The van der Waals surface area contributed by atoms with Crippen molar-refractivity contribution in [3.05, 3.63) is 222 Å². The van der Waals surface area contributed by atoms with Crippen molar-refractivity contribution in [2.75, 3.05) is 18.1 Å². The number of rotatable bonds is 33. The lowest BCUT2D eigenvalue weighted by Gasteiger charge is -2.39. The van der Waals surface area contributed by atoms with Gasteiger partial charge in [-0.2, -0.15) is 14.5 Å². The molecular formula is C96H143BrI3N13O26Si3. The van der Waals surface area contributed by atoms with Gasteiger partial charge in [0.05, 0.1) is 124 Å². The van der Waals surface area contributed by atoms with Crippen LogP contribution in [0.4, 0.5) is 33.5 Å². The molecule has 7 N–H and O–H groups in total. The number of carbonyl (C=O) groups is 1. The molecule has 0 amide bonds. The van der Waals surface area contributed by atoms with Crippen LogP contribution in [-0.2, 0) is 76.3 Å². The second-order valence-electron chi connectivity index (χ2n) is 42.6. The van der Waals surface area contributed by atoms with Crippen molar-refractivity contribution < 1.29 is 81.0 Å². The molecule has 0 spiro atoms. The summed E-state index contributed by atoms with van der Waals surface area (Å²) in [5.74, 6) is -0.211. The van der Waals surface area contributed by atoms with Gasteiger partial charge in [-0.15, -0.1) is 0 Å². The fourth-order valence-corrected chi connectivity index (χ4v) is 21.8. The van der Waals surface area contributed by atoms with Gasteiger partial charge in [0.25, 0.3) is 28.2 Å². The molecule has 15 atom stereocenters. The Kier molecular flexibility index (Phi) is 42.1. The van der Waals surface area contributed by atoms with Gasteiger partial charge in [-0.05, 0) is 216 Å². The quantitative estimate of drug-likeness (QED) is 0.00838. The molecule has 0 saturated carbocycles. The molecule has 0 aliphatic carbocycles. The number of benzene rings is 3. The van der Waals surface area contributed by atoms with Crippen LogP contribution < -0.4 is 45.3 Å². The zero-order valence-electron chi connectivity index (χ0n) is 86.2. The van der Waals surface area contributed by atoms with Crippen LogP contribution >= 0.6 is 83.7 Å². The van der Waals surface area contributed by atoms with Crippen LogP contribution in [0.2, 0.25) is 54.4 Å². The number of hydrogen-bond acceptors (Lipinski definition) is 30. The smallest absolute Gasteiger partial charge is 0.425 e. The number of aliphatic hydroxyl groups excluding tert-OH is 2. The molecule has 0 bridgehead atoms. The fraction of sp³-hybridized carbons (Fsp3) is 0.635. The Morgan fingerprint density at radius 1 is 0.507 bits per heavy atom. The number of alkyl halides is 1. The first-order valence-electron chi connectivity index (χ1n) is 47.6. The number of aliphatic hydroxyl groups is 2. The van der Waals surface area contributed by atoms with Gasteiger partial charge >= 0.3 is 28.9 Å². The van der Waals surface area contributed by atoms with Crippen molar-refractivity contribution in [3.63, 3.8) is 0 Å². The first-order valence-corrected chi connectivity index (χ1v) is 60.7. The summed E-state index contributed by atoms with van der Waals surface area (Å²) in [6, 6.07) is 15.0. The number of nitrogens with two attached hydrogens (primary N) is 2. The maximum Gasteiger partial charge on any atom is 0.425 e. The average molecular weight is 2440 g/mol. The van der Waals surface area contributed by atoms with Gasteiger partial charge in [-0.3, -0.25) is 63.2 Å². The molecule has 3 aromatic carbocycles. The van der Waals surface area contributed by atoms with Crippen LogP contribution in [0, 0.1) is 58.8 Å². The Morgan fingerprint density at radius 3 is 1.12 bits per heavy atom. The predicted octanol–water partition coefficient (Wildman–Crippen LogP) is 19.1. The molecule has 4 aromatic heterocycles. The summed E-state index contributed by atoms with van der Waals surface area (Å²) in [6.45, 7) is 54.9. The van der Waals surface area contributed by atoms with E-state index in [1.807, 2.05) is 114 Å². The molecule has 4 unspecified atom stereocenters. The molecule has 142 heavy (non-hydrogen) atoms. The zero-order chi connectivity index (χ0) is 107. The van der Waals surface area contributed by atoms with Crippen molar-refractivity contribution in [2.45, 2.75) is 368 Å². The summed E-state index contributed by atoms with van der Waals surface area (Å²) < 4.78 is 76.1. The minimum Gasteiger partial charge on any atom is -0.443 e. The Labute approximate surface area is 880 Å². The second-order valence-corrected chi connectivity index (χ2v) is 61.2. The number of nitro benzene ring substituents is 3. The van der Waals surface area contributed by atoms with Gasteiger partial charge in [-0.25, -0.2) is 24.0 Å². The summed E-state index contributed by atoms with van der Waals surface area (Å²) in [6.07, 6.45) is 1.79. The van der Waals surface area contributed by atoms with E-state index in [1.54, 1.807) is 57.3 Å². The van der Waals surface area contributed by atoms with Gasteiger partial charge in [0.1, 0.15) is 48.3 Å². The van der Waals surface area contributed by atoms with Gasteiger partial charge in [0.15, 0.2) is 25.0 Å². The highest BCUT2D eigenvalue weighted by Crippen LogP contribution is 2.47. The monoisotopic (exact) mass is 2440 g/mol. The van der Waals surface area contributed by atoms with Crippen LogP contribution in [0.3, 0.4) is 0 Å². The van der Waals surface area contributed by atoms with Crippen LogP contribution in [0.5, 0.6) is 0 Å². The topological polar surface area (TPSA) is 509 Å². The maximum absolute atomic E-state index is 13.2. The number of nitro groups is 3. The Bertz CT molecular complexity index is 5970. The molecule has 4 saturated heterocycles. The van der Waals surface area contributed by atoms with Crippen molar-refractivity contribution >= 4 is 143 Å². The van der Waals surface area contributed by atoms with Crippen molar-refractivity contribution in [2.24, 2.45) is 17.8 Å². The minimum absolute atomic E-state index is 0.00871. The van der Waals surface area contributed by atoms with E-state index in [9.17, 15) is 74.1 Å². The normalized spacial score (nSPS) is 21.4. The zero-order valence-corrected chi connectivity index (χ0v) is 97.3. The lowest BCUT2D eigenvalue weighted by Crippen LogP contribution is -2.47. The van der Waals surface area contributed by atoms with Crippen LogP contribution in [-0.4, -0.2) is 155 Å². The highest BCUT2D eigenvalue weighted by Gasteiger charge is 2.50. The Hall–Kier alpha value is -7.11. The molecule has 0 radical (unpaired) electrons. The molecule has 4 aliphatic heterocycles. The van der Waals surface area contributed by atoms with Crippen molar-refractivity contribution in [3.8, 4) is 0 Å². The van der Waals surface area contributed by atoms with Gasteiger partial charge in [0.2, 0.25) is 0 Å². The van der Waals surface area contributed by atoms with Crippen LogP contribution in [0.15, 0.2) is 108 Å². The number of hydrogen-bond donors (Lipinski definition) is 5. The third kappa shape index (κ3) is 30.4. The minimum atomic E-state index is -2.07. The van der Waals surface area contributed by atoms with Gasteiger partial charge in [0, 0.05) is 101 Å².